The van der Waals surface area contributed by atoms with Gasteiger partial charge in [-0.25, -0.2) is 8.42 Å². The van der Waals surface area contributed by atoms with Crippen LogP contribution in [-0.4, -0.2) is 8.42 Å². The van der Waals surface area contributed by atoms with Gasteiger partial charge in [0.1, 0.15) is 0 Å². The fraction of sp³-hybridized carbons (Fsp3) is 0. The highest BCUT2D eigenvalue weighted by atomic mass is 32.2. The van der Waals surface area contributed by atoms with Crippen LogP contribution in [-0.2, 0) is 10.0 Å². The molecule has 2 aromatic rings. The van der Waals surface area contributed by atoms with Crippen molar-refractivity contribution in [3.63, 3.8) is 0 Å². The van der Waals surface area contributed by atoms with Crippen molar-refractivity contribution in [1.29, 1.82) is 0 Å². The summed E-state index contributed by atoms with van der Waals surface area (Å²) in [5.41, 5.74) is 6.99. The highest BCUT2D eigenvalue weighted by Gasteiger charge is 2.27. The van der Waals surface area contributed by atoms with Gasteiger partial charge >= 0.3 is 0 Å². The number of hydrogen-bond donors (Lipinski definition) is 2. The molecule has 0 spiro atoms. The molecule has 0 saturated carbocycles. The molecular formula is C10H8N2O2S. The summed E-state index contributed by atoms with van der Waals surface area (Å²) in [6, 6.07) is 8.49. The lowest BCUT2D eigenvalue weighted by Crippen LogP contribution is -2.05. The molecule has 4 nitrogen and oxygen atoms in total. The summed E-state index contributed by atoms with van der Waals surface area (Å²) in [4.78, 5) is 0.308. The zero-order valence-electron chi connectivity index (χ0n) is 7.69. The van der Waals surface area contributed by atoms with Crippen molar-refractivity contribution < 1.29 is 8.42 Å². The Morgan fingerprint density at radius 1 is 1.13 bits per heavy atom. The molecule has 76 valence electrons. The fourth-order valence-electron chi connectivity index (χ4n) is 1.90. The lowest BCUT2D eigenvalue weighted by Gasteiger charge is -2.01. The van der Waals surface area contributed by atoms with Gasteiger partial charge in [-0.15, -0.1) is 0 Å². The number of benzene rings is 2. The van der Waals surface area contributed by atoms with E-state index in [0.717, 1.165) is 5.39 Å². The summed E-state index contributed by atoms with van der Waals surface area (Å²) in [6.07, 6.45) is 0. The monoisotopic (exact) mass is 220 g/mol. The van der Waals surface area contributed by atoms with Gasteiger partial charge in [-0.05, 0) is 18.2 Å². The van der Waals surface area contributed by atoms with Crippen molar-refractivity contribution >= 4 is 32.2 Å². The minimum absolute atomic E-state index is 0.308. The number of nitrogen functional groups attached to an aromatic ring is 1. The Morgan fingerprint density at radius 2 is 1.93 bits per heavy atom. The third-order valence-corrected chi connectivity index (χ3v) is 3.98. The van der Waals surface area contributed by atoms with Crippen molar-refractivity contribution in [2.45, 2.75) is 4.90 Å². The molecule has 2 aromatic carbocycles. The number of anilines is 2. The highest BCUT2D eigenvalue weighted by Crippen LogP contribution is 2.39. The number of nitrogens with one attached hydrogen (secondary N) is 1. The number of hydrogen-bond acceptors (Lipinski definition) is 3. The van der Waals surface area contributed by atoms with E-state index in [1.807, 2.05) is 6.07 Å². The molecule has 0 bridgehead atoms. The third-order valence-electron chi connectivity index (χ3n) is 2.57. The topological polar surface area (TPSA) is 72.2 Å². The molecule has 3 rings (SSSR count). The largest absolute Gasteiger partial charge is 0.398 e. The van der Waals surface area contributed by atoms with Gasteiger partial charge < -0.3 is 5.73 Å². The average Bonchev–Trinajstić information content (AvgIpc) is 2.47. The van der Waals surface area contributed by atoms with Crippen molar-refractivity contribution in [3.8, 4) is 0 Å². The second-order valence-electron chi connectivity index (χ2n) is 3.49. The molecule has 0 atom stereocenters. The summed E-state index contributed by atoms with van der Waals surface area (Å²) >= 11 is 0. The molecule has 15 heavy (non-hydrogen) atoms. The predicted octanol–water partition coefficient (Wildman–Crippen LogP) is 1.54. The maximum Gasteiger partial charge on any atom is 0.262 e. The van der Waals surface area contributed by atoms with Crippen LogP contribution in [0.15, 0.2) is 35.2 Å². The molecule has 0 aliphatic carbocycles. The van der Waals surface area contributed by atoms with Gasteiger partial charge in [-0.1, -0.05) is 12.1 Å². The second-order valence-corrected chi connectivity index (χ2v) is 5.14. The van der Waals surface area contributed by atoms with Crippen molar-refractivity contribution in [2.75, 3.05) is 10.5 Å². The summed E-state index contributed by atoms with van der Waals surface area (Å²) in [5, 5.41) is 1.47. The van der Waals surface area contributed by atoms with Gasteiger partial charge in [-0.3, -0.25) is 4.72 Å². The van der Waals surface area contributed by atoms with Crippen LogP contribution in [0.25, 0.3) is 10.8 Å². The van der Waals surface area contributed by atoms with Crippen molar-refractivity contribution in [3.05, 3.63) is 30.3 Å². The van der Waals surface area contributed by atoms with Crippen LogP contribution < -0.4 is 10.5 Å². The van der Waals surface area contributed by atoms with E-state index in [1.165, 1.54) is 0 Å². The first-order chi connectivity index (χ1) is 7.09. The molecule has 0 radical (unpaired) electrons. The SMILES string of the molecule is Nc1ccc2c3c(cccc13)S(=O)(=O)N2. The Hall–Kier alpha value is -1.75. The lowest BCUT2D eigenvalue weighted by molar-refractivity contribution is 0.603. The Bertz CT molecular complexity index is 677. The van der Waals surface area contributed by atoms with Crippen LogP contribution in [0.2, 0.25) is 0 Å². The minimum Gasteiger partial charge on any atom is -0.398 e. The maximum absolute atomic E-state index is 11.7. The second kappa shape index (κ2) is 2.43. The highest BCUT2D eigenvalue weighted by molar-refractivity contribution is 7.93. The van der Waals surface area contributed by atoms with Crippen LogP contribution in [0.4, 0.5) is 11.4 Å². The fourth-order valence-corrected chi connectivity index (χ4v) is 3.22. The van der Waals surface area contributed by atoms with Crippen LogP contribution in [0.3, 0.4) is 0 Å². The van der Waals surface area contributed by atoms with E-state index in [2.05, 4.69) is 4.72 Å². The Labute approximate surface area is 86.8 Å². The van der Waals surface area contributed by atoms with E-state index in [-0.39, 0.29) is 0 Å². The normalized spacial score (nSPS) is 16.5. The minimum atomic E-state index is -3.38. The number of sulfonamides is 1. The van der Waals surface area contributed by atoms with Crippen LogP contribution in [0.1, 0.15) is 0 Å². The molecule has 1 heterocycles. The first kappa shape index (κ1) is 8.55. The van der Waals surface area contributed by atoms with Crippen LogP contribution >= 0.6 is 0 Å². The molecule has 0 saturated heterocycles. The zero-order chi connectivity index (χ0) is 10.6. The van der Waals surface area contributed by atoms with Gasteiger partial charge in [0.25, 0.3) is 10.0 Å². The van der Waals surface area contributed by atoms with Crippen molar-refractivity contribution in [2.24, 2.45) is 0 Å². The third kappa shape index (κ3) is 0.979. The Morgan fingerprint density at radius 3 is 2.73 bits per heavy atom. The standard InChI is InChI=1S/C10H8N2O2S/c11-7-4-5-8-10-6(7)2-1-3-9(10)15(13,14)12-8/h1-5,12H,11H2. The summed E-state index contributed by atoms with van der Waals surface area (Å²) in [7, 11) is -3.38. The number of rotatable bonds is 0. The first-order valence-electron chi connectivity index (χ1n) is 4.43. The van der Waals surface area contributed by atoms with E-state index in [0.29, 0.717) is 21.7 Å². The summed E-state index contributed by atoms with van der Waals surface area (Å²) < 4.78 is 25.9. The predicted molar refractivity (Wildman–Crippen MR) is 59.2 cm³/mol. The zero-order valence-corrected chi connectivity index (χ0v) is 8.51. The summed E-state index contributed by atoms with van der Waals surface area (Å²) in [6.45, 7) is 0. The molecule has 1 aliphatic heterocycles. The van der Waals surface area contributed by atoms with Gasteiger partial charge in [0.2, 0.25) is 0 Å². The van der Waals surface area contributed by atoms with E-state index >= 15 is 0 Å². The van der Waals surface area contributed by atoms with E-state index in [9.17, 15) is 8.42 Å². The molecule has 5 heteroatoms. The van der Waals surface area contributed by atoms with Crippen LogP contribution in [0.5, 0.6) is 0 Å². The lowest BCUT2D eigenvalue weighted by atomic mass is 10.1. The first-order valence-corrected chi connectivity index (χ1v) is 5.92. The number of nitrogens with two attached hydrogens (primary N) is 1. The molecular weight excluding hydrogens is 212 g/mol. The van der Waals surface area contributed by atoms with Gasteiger partial charge in [0.05, 0.1) is 10.6 Å². The maximum atomic E-state index is 11.7. The van der Waals surface area contributed by atoms with E-state index < -0.39 is 10.0 Å². The average molecular weight is 220 g/mol. The molecule has 0 aromatic heterocycles. The molecule has 3 N–H and O–H groups in total. The Balaban J connectivity index is 2.63. The summed E-state index contributed by atoms with van der Waals surface area (Å²) in [5.74, 6) is 0. The molecule has 0 fully saturated rings. The van der Waals surface area contributed by atoms with Crippen LogP contribution in [0, 0.1) is 0 Å². The van der Waals surface area contributed by atoms with Gasteiger partial charge in [0, 0.05) is 16.5 Å². The Kier molecular flexibility index (Phi) is 1.39. The van der Waals surface area contributed by atoms with Gasteiger partial charge in [-0.2, -0.15) is 0 Å². The van der Waals surface area contributed by atoms with Crippen molar-refractivity contribution in [1.82, 2.24) is 0 Å². The van der Waals surface area contributed by atoms with E-state index in [1.54, 1.807) is 24.3 Å². The molecule has 1 aliphatic rings. The van der Waals surface area contributed by atoms with E-state index in [4.69, 9.17) is 5.73 Å². The quantitative estimate of drug-likeness (QED) is 0.661. The van der Waals surface area contributed by atoms with Gasteiger partial charge in [0.15, 0.2) is 0 Å². The molecule has 0 amide bonds. The molecule has 0 unspecified atom stereocenters. The smallest absolute Gasteiger partial charge is 0.262 e.